The first-order valence-electron chi connectivity index (χ1n) is 10.2. The van der Waals surface area contributed by atoms with Crippen molar-refractivity contribution in [3.05, 3.63) is 70.9 Å². The van der Waals surface area contributed by atoms with Crippen molar-refractivity contribution in [2.75, 3.05) is 19.5 Å². The summed E-state index contributed by atoms with van der Waals surface area (Å²) in [6, 6.07) is 11.7. The lowest BCUT2D eigenvalue weighted by Gasteiger charge is -2.08. The fourth-order valence-corrected chi connectivity index (χ4v) is 5.11. The molecule has 0 aliphatic carbocycles. The average Bonchev–Trinajstić information content (AvgIpc) is 3.57. The second kappa shape index (κ2) is 9.24. The Labute approximate surface area is 202 Å². The normalized spacial score (nSPS) is 11.0. The summed E-state index contributed by atoms with van der Waals surface area (Å²) in [6.07, 6.45) is 2.03. The maximum Gasteiger partial charge on any atom is 0.232 e. The second-order valence-electron chi connectivity index (χ2n) is 7.34. The minimum Gasteiger partial charge on any atom is -0.497 e. The van der Waals surface area contributed by atoms with Crippen LogP contribution in [-0.2, 0) is 11.2 Å². The van der Waals surface area contributed by atoms with Crippen molar-refractivity contribution in [1.82, 2.24) is 14.4 Å². The number of aromatic nitrogens is 3. The van der Waals surface area contributed by atoms with Crippen LogP contribution in [0, 0.1) is 5.82 Å². The summed E-state index contributed by atoms with van der Waals surface area (Å²) in [5.41, 5.74) is 3.87. The van der Waals surface area contributed by atoms with Crippen LogP contribution in [0.2, 0.25) is 0 Å². The summed E-state index contributed by atoms with van der Waals surface area (Å²) in [5, 5.41) is 7.15. The number of anilines is 1. The first-order chi connectivity index (χ1) is 16.5. The minimum atomic E-state index is -0.294. The van der Waals surface area contributed by atoms with E-state index in [2.05, 4.69) is 15.3 Å². The quantitative estimate of drug-likeness (QED) is 0.322. The number of hydrogen-bond acceptors (Lipinski definition) is 7. The number of rotatable bonds is 7. The maximum absolute atomic E-state index is 13.2. The zero-order valence-electron chi connectivity index (χ0n) is 18.2. The van der Waals surface area contributed by atoms with Crippen LogP contribution in [0.25, 0.3) is 27.5 Å². The van der Waals surface area contributed by atoms with Crippen LogP contribution < -0.4 is 14.8 Å². The predicted molar refractivity (Wildman–Crippen MR) is 131 cm³/mol. The molecule has 0 spiro atoms. The van der Waals surface area contributed by atoms with E-state index in [1.165, 1.54) is 34.8 Å². The topological polar surface area (TPSA) is 77.8 Å². The molecule has 10 heteroatoms. The Morgan fingerprint density at radius 2 is 1.85 bits per heavy atom. The van der Waals surface area contributed by atoms with E-state index in [-0.39, 0.29) is 18.1 Å². The van der Waals surface area contributed by atoms with Gasteiger partial charge in [-0.15, -0.1) is 22.7 Å². The van der Waals surface area contributed by atoms with Crippen LogP contribution in [0.3, 0.4) is 0 Å². The van der Waals surface area contributed by atoms with Crippen LogP contribution in [0.1, 0.15) is 5.69 Å². The molecule has 0 radical (unpaired) electrons. The maximum atomic E-state index is 13.2. The lowest BCUT2D eigenvalue weighted by Crippen LogP contribution is -2.15. The van der Waals surface area contributed by atoms with Gasteiger partial charge in [-0.2, -0.15) is 0 Å². The van der Waals surface area contributed by atoms with E-state index in [0.29, 0.717) is 22.3 Å². The van der Waals surface area contributed by atoms with Crippen molar-refractivity contribution >= 4 is 38.7 Å². The second-order valence-corrected chi connectivity index (χ2v) is 9.04. The Morgan fingerprint density at radius 3 is 2.62 bits per heavy atom. The monoisotopic (exact) mass is 494 g/mol. The van der Waals surface area contributed by atoms with Crippen molar-refractivity contribution in [3.63, 3.8) is 0 Å². The first kappa shape index (κ1) is 22.1. The molecule has 0 aliphatic heterocycles. The Bertz CT molecular complexity index is 1470. The smallest absolute Gasteiger partial charge is 0.232 e. The third-order valence-corrected chi connectivity index (χ3v) is 6.85. The summed E-state index contributed by atoms with van der Waals surface area (Å²) in [7, 11) is 3.19. The van der Waals surface area contributed by atoms with Crippen molar-refractivity contribution in [3.8, 4) is 34.0 Å². The summed E-state index contributed by atoms with van der Waals surface area (Å²) < 4.78 is 25.8. The standard InChI is InChI=1S/C24H19FN4O3S2/c1-31-17-7-8-18(21(10-17)32-2)20-13-33-23(26-20)28-22(30)9-16-12-34-24-27-19(11-29(16)24)14-3-5-15(25)6-4-14/h3-8,10-13H,9H2,1-2H3,(H,26,28,30). The number of benzene rings is 2. The van der Waals surface area contributed by atoms with E-state index in [4.69, 9.17) is 9.47 Å². The highest BCUT2D eigenvalue weighted by Crippen LogP contribution is 2.35. The Morgan fingerprint density at radius 1 is 1.03 bits per heavy atom. The number of nitrogens with zero attached hydrogens (tertiary/aromatic N) is 3. The van der Waals surface area contributed by atoms with Crippen LogP contribution >= 0.6 is 22.7 Å². The zero-order valence-corrected chi connectivity index (χ0v) is 19.9. The molecular formula is C24H19FN4O3S2. The van der Waals surface area contributed by atoms with E-state index < -0.39 is 0 Å². The van der Waals surface area contributed by atoms with Crippen molar-refractivity contribution in [2.45, 2.75) is 6.42 Å². The number of carbonyl (C=O) groups excluding carboxylic acids is 1. The van der Waals surface area contributed by atoms with E-state index in [1.54, 1.807) is 32.4 Å². The van der Waals surface area contributed by atoms with Gasteiger partial charge in [-0.1, -0.05) is 0 Å². The molecule has 1 N–H and O–H groups in total. The van der Waals surface area contributed by atoms with E-state index in [9.17, 15) is 9.18 Å². The van der Waals surface area contributed by atoms with Gasteiger partial charge in [0.05, 0.1) is 32.0 Å². The molecule has 0 fully saturated rings. The lowest BCUT2D eigenvalue weighted by molar-refractivity contribution is -0.115. The number of nitrogens with one attached hydrogen (secondary N) is 1. The number of thiazole rings is 2. The Hall–Kier alpha value is -3.76. The summed E-state index contributed by atoms with van der Waals surface area (Å²) in [4.78, 5) is 22.6. The number of methoxy groups -OCH3 is 2. The number of fused-ring (bicyclic) bond motifs is 1. The highest BCUT2D eigenvalue weighted by molar-refractivity contribution is 7.15. The van der Waals surface area contributed by atoms with Gasteiger partial charge in [-0.3, -0.25) is 9.20 Å². The van der Waals surface area contributed by atoms with Gasteiger partial charge in [0.25, 0.3) is 0 Å². The summed E-state index contributed by atoms with van der Waals surface area (Å²) >= 11 is 2.79. The largest absolute Gasteiger partial charge is 0.497 e. The molecule has 0 unspecified atom stereocenters. The van der Waals surface area contributed by atoms with Gasteiger partial charge in [0.2, 0.25) is 5.91 Å². The molecule has 0 aliphatic rings. The summed E-state index contributed by atoms with van der Waals surface area (Å²) in [5.74, 6) is 0.853. The molecule has 34 heavy (non-hydrogen) atoms. The molecule has 2 aromatic carbocycles. The van der Waals surface area contributed by atoms with Crippen molar-refractivity contribution < 1.29 is 18.7 Å². The predicted octanol–water partition coefficient (Wildman–Crippen LogP) is 5.52. The van der Waals surface area contributed by atoms with Gasteiger partial charge in [0, 0.05) is 39.8 Å². The van der Waals surface area contributed by atoms with E-state index in [0.717, 1.165) is 27.5 Å². The molecular weight excluding hydrogens is 475 g/mol. The summed E-state index contributed by atoms with van der Waals surface area (Å²) in [6.45, 7) is 0. The fraction of sp³-hybridized carbons (Fsp3) is 0.125. The van der Waals surface area contributed by atoms with E-state index in [1.807, 2.05) is 33.5 Å². The van der Waals surface area contributed by atoms with Crippen LogP contribution in [0.5, 0.6) is 11.5 Å². The van der Waals surface area contributed by atoms with Crippen molar-refractivity contribution in [1.29, 1.82) is 0 Å². The van der Waals surface area contributed by atoms with Crippen molar-refractivity contribution in [2.24, 2.45) is 0 Å². The molecule has 7 nitrogen and oxygen atoms in total. The highest BCUT2D eigenvalue weighted by atomic mass is 32.1. The number of ether oxygens (including phenoxy) is 2. The molecule has 3 aromatic heterocycles. The molecule has 172 valence electrons. The molecule has 0 atom stereocenters. The number of carbonyl (C=O) groups is 1. The molecule has 0 bridgehead atoms. The molecule has 0 saturated heterocycles. The van der Waals surface area contributed by atoms with Gasteiger partial charge in [-0.25, -0.2) is 14.4 Å². The molecule has 5 rings (SSSR count). The number of amides is 1. The first-order valence-corrected chi connectivity index (χ1v) is 12.0. The Kier molecular flexibility index (Phi) is 5.99. The van der Waals surface area contributed by atoms with Gasteiger partial charge in [-0.05, 0) is 36.4 Å². The van der Waals surface area contributed by atoms with Gasteiger partial charge < -0.3 is 14.8 Å². The molecule has 0 saturated carbocycles. The number of imidazole rings is 1. The number of halogens is 1. The third-order valence-electron chi connectivity index (χ3n) is 5.20. The van der Waals surface area contributed by atoms with Gasteiger partial charge in [0.1, 0.15) is 17.3 Å². The SMILES string of the molecule is COc1ccc(-c2csc(NC(=O)Cc3csc4nc(-c5ccc(F)cc5)cn34)n2)c(OC)c1. The lowest BCUT2D eigenvalue weighted by atomic mass is 10.1. The Balaban J connectivity index is 1.31. The van der Waals surface area contributed by atoms with Gasteiger partial charge in [0.15, 0.2) is 10.1 Å². The zero-order chi connectivity index (χ0) is 23.7. The van der Waals surface area contributed by atoms with E-state index >= 15 is 0 Å². The number of hydrogen-bond donors (Lipinski definition) is 1. The molecule has 1 amide bonds. The molecule has 3 heterocycles. The highest BCUT2D eigenvalue weighted by Gasteiger charge is 2.16. The van der Waals surface area contributed by atoms with Crippen LogP contribution in [-0.4, -0.2) is 34.5 Å². The molecule has 5 aromatic rings. The minimum absolute atomic E-state index is 0.167. The third kappa shape index (κ3) is 4.37. The van der Waals surface area contributed by atoms with Crippen LogP contribution in [0.15, 0.2) is 59.4 Å². The van der Waals surface area contributed by atoms with Crippen LogP contribution in [0.4, 0.5) is 9.52 Å². The fourth-order valence-electron chi connectivity index (χ4n) is 3.51. The average molecular weight is 495 g/mol. The van der Waals surface area contributed by atoms with Gasteiger partial charge >= 0.3 is 0 Å².